The van der Waals surface area contributed by atoms with Gasteiger partial charge in [-0.1, -0.05) is 6.92 Å². The minimum atomic E-state index is -3.18. The molecule has 1 aliphatic carbocycles. The minimum Gasteiger partial charge on any atom is -0.299 e. The van der Waals surface area contributed by atoms with Crippen LogP contribution in [0.25, 0.3) is 0 Å². The summed E-state index contributed by atoms with van der Waals surface area (Å²) in [7, 11) is -3.18. The average Bonchev–Trinajstić information content (AvgIpc) is 2.30. The summed E-state index contributed by atoms with van der Waals surface area (Å²) < 4.78 is 23.4. The van der Waals surface area contributed by atoms with Gasteiger partial charge in [0.25, 0.3) is 0 Å². The molecule has 0 aromatic rings. The van der Waals surface area contributed by atoms with Crippen LogP contribution in [0.3, 0.4) is 0 Å². The molecule has 0 saturated heterocycles. The van der Waals surface area contributed by atoms with E-state index in [0.717, 1.165) is 0 Å². The maximum Gasteiger partial charge on any atom is 0.158 e. The number of sulfone groups is 1. The zero-order valence-corrected chi connectivity index (χ0v) is 10.0. The molecule has 82 valence electrons. The highest BCUT2D eigenvalue weighted by Crippen LogP contribution is 2.33. The lowest BCUT2D eigenvalue weighted by atomic mass is 10.1. The van der Waals surface area contributed by atoms with Gasteiger partial charge < -0.3 is 0 Å². The maximum absolute atomic E-state index is 12.1. The summed E-state index contributed by atoms with van der Waals surface area (Å²) in [5.41, 5.74) is 0. The predicted octanol–water partition coefficient (Wildman–Crippen LogP) is 1.57. The van der Waals surface area contributed by atoms with Crippen molar-refractivity contribution < 1.29 is 13.2 Å². The largest absolute Gasteiger partial charge is 0.299 e. The molecule has 0 spiro atoms. The molecule has 0 N–H and O–H groups in total. The number of hydrogen-bond acceptors (Lipinski definition) is 3. The quantitative estimate of drug-likeness (QED) is 0.671. The summed E-state index contributed by atoms with van der Waals surface area (Å²) >= 11 is 0. The Morgan fingerprint density at radius 2 is 1.79 bits per heavy atom. The Balaban J connectivity index is 3.02. The fourth-order valence-corrected chi connectivity index (χ4v) is 3.87. The van der Waals surface area contributed by atoms with Gasteiger partial charge in [-0.3, -0.25) is 4.79 Å². The molecule has 1 rings (SSSR count). The van der Waals surface area contributed by atoms with Crippen LogP contribution in [0.1, 0.15) is 40.5 Å². The highest BCUT2D eigenvalue weighted by molar-refractivity contribution is 7.93. The smallest absolute Gasteiger partial charge is 0.158 e. The second-order valence-corrected chi connectivity index (χ2v) is 7.91. The van der Waals surface area contributed by atoms with Gasteiger partial charge in [-0.25, -0.2) is 8.42 Å². The average molecular weight is 218 g/mol. The number of ketones is 1. The summed E-state index contributed by atoms with van der Waals surface area (Å²) in [6.45, 7) is 6.80. The highest BCUT2D eigenvalue weighted by Gasteiger charge is 2.45. The van der Waals surface area contributed by atoms with Crippen LogP contribution in [0.5, 0.6) is 0 Å². The Labute approximate surface area is 85.8 Å². The Morgan fingerprint density at radius 1 is 1.29 bits per heavy atom. The number of hydrogen-bond donors (Lipinski definition) is 0. The minimum absolute atomic E-state index is 0.0859. The topological polar surface area (TPSA) is 51.2 Å². The lowest BCUT2D eigenvalue weighted by Gasteiger charge is -2.25. The summed E-state index contributed by atoms with van der Waals surface area (Å²) in [6, 6.07) is 0. The first-order valence-corrected chi connectivity index (χ1v) is 6.48. The lowest BCUT2D eigenvalue weighted by molar-refractivity contribution is -0.120. The lowest BCUT2D eigenvalue weighted by Crippen LogP contribution is -2.39. The second kappa shape index (κ2) is 3.33. The van der Waals surface area contributed by atoms with Crippen LogP contribution in [0.4, 0.5) is 0 Å². The van der Waals surface area contributed by atoms with Crippen LogP contribution in [0.2, 0.25) is 0 Å². The van der Waals surface area contributed by atoms with E-state index < -0.39 is 19.8 Å². The van der Waals surface area contributed by atoms with Crippen molar-refractivity contribution >= 4 is 15.6 Å². The molecule has 1 aliphatic rings. The first-order valence-electron chi connectivity index (χ1n) is 4.94. The molecular weight excluding hydrogens is 200 g/mol. The normalized spacial score (nSPS) is 29.6. The molecule has 0 aromatic heterocycles. The molecule has 2 unspecified atom stereocenters. The number of carbonyl (C=O) groups excluding carboxylic acids is 1. The zero-order chi connectivity index (χ0) is 11.1. The number of rotatable bonds is 1. The third kappa shape index (κ3) is 1.72. The van der Waals surface area contributed by atoms with Gasteiger partial charge >= 0.3 is 0 Å². The maximum atomic E-state index is 12.1. The molecule has 0 heterocycles. The van der Waals surface area contributed by atoms with E-state index in [2.05, 4.69) is 0 Å². The van der Waals surface area contributed by atoms with Gasteiger partial charge in [0.2, 0.25) is 0 Å². The molecular formula is C10H18O3S. The van der Waals surface area contributed by atoms with Crippen molar-refractivity contribution in [2.75, 3.05) is 0 Å². The molecule has 1 fully saturated rings. The summed E-state index contributed by atoms with van der Waals surface area (Å²) in [4.78, 5) is 11.3. The Kier molecular flexibility index (Phi) is 2.78. The first kappa shape index (κ1) is 11.7. The fraction of sp³-hybridized carbons (Fsp3) is 0.900. The van der Waals surface area contributed by atoms with Crippen molar-refractivity contribution in [3.8, 4) is 0 Å². The van der Waals surface area contributed by atoms with E-state index in [-0.39, 0.29) is 11.7 Å². The Morgan fingerprint density at radius 3 is 2.07 bits per heavy atom. The standard InChI is InChI=1S/C10H18O3S/c1-7-8(11)5-6-9(7)14(12,13)10(2,3)4/h7,9H,5-6H2,1-4H3. The highest BCUT2D eigenvalue weighted by atomic mass is 32.2. The molecule has 2 atom stereocenters. The number of Topliss-reactive ketones (excluding diaryl/α,β-unsaturated/α-hetero) is 1. The molecule has 4 heteroatoms. The van der Waals surface area contributed by atoms with Gasteiger partial charge in [-0.2, -0.15) is 0 Å². The Bertz CT molecular complexity index is 335. The summed E-state index contributed by atoms with van der Waals surface area (Å²) in [6.07, 6.45) is 0.917. The molecule has 0 aliphatic heterocycles. The van der Waals surface area contributed by atoms with Crippen molar-refractivity contribution in [3.63, 3.8) is 0 Å². The van der Waals surface area contributed by atoms with E-state index in [9.17, 15) is 13.2 Å². The fourth-order valence-electron chi connectivity index (χ4n) is 1.85. The van der Waals surface area contributed by atoms with Crippen LogP contribution in [-0.2, 0) is 14.6 Å². The van der Waals surface area contributed by atoms with Crippen LogP contribution < -0.4 is 0 Å². The van der Waals surface area contributed by atoms with E-state index in [4.69, 9.17) is 0 Å². The molecule has 14 heavy (non-hydrogen) atoms. The molecule has 0 radical (unpaired) electrons. The van der Waals surface area contributed by atoms with Gasteiger partial charge in [-0.05, 0) is 27.2 Å². The third-order valence-electron chi connectivity index (χ3n) is 2.99. The van der Waals surface area contributed by atoms with Gasteiger partial charge in [0, 0.05) is 12.3 Å². The predicted molar refractivity (Wildman–Crippen MR) is 55.9 cm³/mol. The van der Waals surface area contributed by atoms with Crippen molar-refractivity contribution in [3.05, 3.63) is 0 Å². The van der Waals surface area contributed by atoms with Crippen molar-refractivity contribution in [1.82, 2.24) is 0 Å². The molecule has 3 nitrogen and oxygen atoms in total. The van der Waals surface area contributed by atoms with E-state index in [0.29, 0.717) is 12.8 Å². The SMILES string of the molecule is CC1C(=O)CCC1S(=O)(=O)C(C)(C)C. The van der Waals surface area contributed by atoms with Crippen molar-refractivity contribution in [2.45, 2.75) is 50.5 Å². The van der Waals surface area contributed by atoms with Gasteiger partial charge in [-0.15, -0.1) is 0 Å². The summed E-state index contributed by atoms with van der Waals surface area (Å²) in [5, 5.41) is -0.463. The second-order valence-electron chi connectivity index (χ2n) is 4.99. The Hall–Kier alpha value is -0.380. The van der Waals surface area contributed by atoms with E-state index in [1.54, 1.807) is 27.7 Å². The first-order chi connectivity index (χ1) is 6.18. The summed E-state index contributed by atoms with van der Waals surface area (Å²) in [5.74, 6) is -0.234. The van der Waals surface area contributed by atoms with E-state index >= 15 is 0 Å². The molecule has 1 saturated carbocycles. The van der Waals surface area contributed by atoms with E-state index in [1.165, 1.54) is 0 Å². The monoisotopic (exact) mass is 218 g/mol. The zero-order valence-electron chi connectivity index (χ0n) is 9.20. The molecule has 0 amide bonds. The van der Waals surface area contributed by atoms with E-state index in [1.807, 2.05) is 0 Å². The number of carbonyl (C=O) groups is 1. The third-order valence-corrected chi connectivity index (χ3v) is 6.14. The van der Waals surface area contributed by atoms with Gasteiger partial charge in [0.1, 0.15) is 5.78 Å². The van der Waals surface area contributed by atoms with Crippen LogP contribution >= 0.6 is 0 Å². The van der Waals surface area contributed by atoms with Crippen molar-refractivity contribution in [2.24, 2.45) is 5.92 Å². The van der Waals surface area contributed by atoms with Gasteiger partial charge in [0.15, 0.2) is 9.84 Å². The van der Waals surface area contributed by atoms with Crippen LogP contribution in [-0.4, -0.2) is 24.2 Å². The molecule has 0 bridgehead atoms. The van der Waals surface area contributed by atoms with Crippen LogP contribution in [0, 0.1) is 5.92 Å². The molecule has 0 aromatic carbocycles. The van der Waals surface area contributed by atoms with Gasteiger partial charge in [0.05, 0.1) is 10.00 Å². The van der Waals surface area contributed by atoms with Crippen LogP contribution in [0.15, 0.2) is 0 Å². The van der Waals surface area contributed by atoms with Crippen molar-refractivity contribution in [1.29, 1.82) is 0 Å².